The first kappa shape index (κ1) is 10.0. The first-order valence-electron chi connectivity index (χ1n) is 5.25. The molecule has 1 unspecified atom stereocenters. The zero-order chi connectivity index (χ0) is 11.1. The normalized spacial score (nSPS) is 20.9. The minimum atomic E-state index is 0.248. The Kier molecular flexibility index (Phi) is 2.33. The molecule has 0 aromatic carbocycles. The van der Waals surface area contributed by atoms with Gasteiger partial charge in [0, 0.05) is 29.8 Å². The predicted molar refractivity (Wildman–Crippen MR) is 65.5 cm³/mol. The number of pyridine rings is 1. The highest BCUT2D eigenvalue weighted by molar-refractivity contribution is 9.10. The quantitative estimate of drug-likeness (QED) is 0.848. The molecule has 1 saturated heterocycles. The molecule has 0 saturated carbocycles. The van der Waals surface area contributed by atoms with Gasteiger partial charge in [-0.2, -0.15) is 4.98 Å². The van der Waals surface area contributed by atoms with Crippen molar-refractivity contribution in [3.8, 4) is 0 Å². The minimum Gasteiger partial charge on any atom is -0.338 e. The minimum absolute atomic E-state index is 0.248. The molecule has 16 heavy (non-hydrogen) atoms. The molecule has 3 rings (SSSR count). The number of nitrogens with two attached hydrogens (primary N) is 1. The van der Waals surface area contributed by atoms with Crippen molar-refractivity contribution in [3.63, 3.8) is 0 Å². The Morgan fingerprint density at radius 1 is 1.44 bits per heavy atom. The maximum absolute atomic E-state index is 5.87. The second-order valence-corrected chi connectivity index (χ2v) is 4.97. The third kappa shape index (κ3) is 1.68. The molecule has 0 amide bonds. The summed E-state index contributed by atoms with van der Waals surface area (Å²) in [6, 6.07) is 4.15. The van der Waals surface area contributed by atoms with Crippen molar-refractivity contribution < 1.29 is 0 Å². The Labute approximate surface area is 101 Å². The van der Waals surface area contributed by atoms with E-state index in [1.54, 1.807) is 4.52 Å². The Morgan fingerprint density at radius 3 is 3.06 bits per heavy atom. The van der Waals surface area contributed by atoms with E-state index in [1.165, 1.54) is 0 Å². The molecule has 2 N–H and O–H groups in total. The van der Waals surface area contributed by atoms with E-state index in [4.69, 9.17) is 5.73 Å². The van der Waals surface area contributed by atoms with Crippen LogP contribution in [0.4, 0.5) is 5.95 Å². The standard InChI is InChI=1S/C10H12BrN5/c11-7-1-2-9-13-10(14-16(9)5-7)15-4-3-8(12)6-15/h1-2,5,8H,3-4,6,12H2. The van der Waals surface area contributed by atoms with E-state index in [2.05, 4.69) is 30.9 Å². The van der Waals surface area contributed by atoms with Gasteiger partial charge in [0.1, 0.15) is 0 Å². The monoisotopic (exact) mass is 281 g/mol. The first-order chi connectivity index (χ1) is 7.72. The van der Waals surface area contributed by atoms with Crippen LogP contribution in [0, 0.1) is 0 Å². The molecule has 0 aliphatic carbocycles. The van der Waals surface area contributed by atoms with Gasteiger partial charge >= 0.3 is 0 Å². The molecule has 0 bridgehead atoms. The number of hydrogen-bond donors (Lipinski definition) is 1. The Bertz CT molecular complexity index is 523. The lowest BCUT2D eigenvalue weighted by Gasteiger charge is -2.11. The van der Waals surface area contributed by atoms with Gasteiger partial charge in [-0.05, 0) is 34.5 Å². The number of halogens is 1. The number of anilines is 1. The first-order valence-corrected chi connectivity index (χ1v) is 6.04. The largest absolute Gasteiger partial charge is 0.338 e. The van der Waals surface area contributed by atoms with Gasteiger partial charge in [-0.1, -0.05) is 0 Å². The number of hydrogen-bond acceptors (Lipinski definition) is 4. The van der Waals surface area contributed by atoms with E-state index in [9.17, 15) is 0 Å². The number of rotatable bonds is 1. The van der Waals surface area contributed by atoms with Crippen molar-refractivity contribution >= 4 is 27.5 Å². The zero-order valence-corrected chi connectivity index (χ0v) is 10.3. The molecule has 0 radical (unpaired) electrons. The summed E-state index contributed by atoms with van der Waals surface area (Å²) in [5.74, 6) is 0.769. The maximum atomic E-state index is 5.87. The van der Waals surface area contributed by atoms with Crippen LogP contribution in [-0.4, -0.2) is 33.7 Å². The van der Waals surface area contributed by atoms with Crippen molar-refractivity contribution in [1.82, 2.24) is 14.6 Å². The lowest BCUT2D eigenvalue weighted by molar-refractivity contribution is 0.750. The molecule has 1 atom stereocenters. The lowest BCUT2D eigenvalue weighted by Crippen LogP contribution is -2.27. The van der Waals surface area contributed by atoms with Crippen LogP contribution in [0.3, 0.4) is 0 Å². The van der Waals surface area contributed by atoms with E-state index in [0.717, 1.165) is 35.6 Å². The van der Waals surface area contributed by atoms with Gasteiger partial charge in [-0.15, -0.1) is 5.10 Å². The van der Waals surface area contributed by atoms with Crippen LogP contribution in [0.2, 0.25) is 0 Å². The molecule has 84 valence electrons. The molecule has 5 nitrogen and oxygen atoms in total. The van der Waals surface area contributed by atoms with E-state index in [1.807, 2.05) is 18.3 Å². The summed E-state index contributed by atoms with van der Waals surface area (Å²) in [6.07, 6.45) is 2.92. The molecule has 1 aliphatic rings. The molecule has 6 heteroatoms. The fourth-order valence-electron chi connectivity index (χ4n) is 1.95. The summed E-state index contributed by atoms with van der Waals surface area (Å²) in [7, 11) is 0. The van der Waals surface area contributed by atoms with Gasteiger partial charge in [0.25, 0.3) is 0 Å². The average Bonchev–Trinajstić information content (AvgIpc) is 2.83. The average molecular weight is 282 g/mol. The lowest BCUT2D eigenvalue weighted by atomic mass is 10.3. The van der Waals surface area contributed by atoms with Gasteiger partial charge < -0.3 is 10.6 Å². The fraction of sp³-hybridized carbons (Fsp3) is 0.400. The molecule has 1 fully saturated rings. The number of nitrogens with zero attached hydrogens (tertiary/aromatic N) is 4. The van der Waals surface area contributed by atoms with Gasteiger partial charge in [0.15, 0.2) is 5.65 Å². The molecular weight excluding hydrogens is 270 g/mol. The van der Waals surface area contributed by atoms with Crippen LogP contribution in [0.25, 0.3) is 5.65 Å². The van der Waals surface area contributed by atoms with Gasteiger partial charge in [-0.25, -0.2) is 4.52 Å². The Hall–Kier alpha value is -1.14. The smallest absolute Gasteiger partial charge is 0.245 e. The molecule has 3 heterocycles. The molecule has 2 aromatic rings. The van der Waals surface area contributed by atoms with Crippen LogP contribution >= 0.6 is 15.9 Å². The van der Waals surface area contributed by atoms with Crippen LogP contribution in [-0.2, 0) is 0 Å². The van der Waals surface area contributed by atoms with E-state index in [-0.39, 0.29) is 6.04 Å². The van der Waals surface area contributed by atoms with Gasteiger partial charge in [-0.3, -0.25) is 0 Å². The zero-order valence-electron chi connectivity index (χ0n) is 8.67. The van der Waals surface area contributed by atoms with E-state index < -0.39 is 0 Å². The van der Waals surface area contributed by atoms with Crippen molar-refractivity contribution in [3.05, 3.63) is 22.8 Å². The molecule has 2 aromatic heterocycles. The second-order valence-electron chi connectivity index (χ2n) is 4.06. The topological polar surface area (TPSA) is 59.5 Å². The summed E-state index contributed by atoms with van der Waals surface area (Å²) >= 11 is 3.41. The van der Waals surface area contributed by atoms with E-state index >= 15 is 0 Å². The second kappa shape index (κ2) is 3.71. The van der Waals surface area contributed by atoms with Crippen LogP contribution in [0.15, 0.2) is 22.8 Å². The van der Waals surface area contributed by atoms with Gasteiger partial charge in [0.05, 0.1) is 0 Å². The molecular formula is C10H12BrN5. The Balaban J connectivity index is 1.99. The molecule has 1 aliphatic heterocycles. The van der Waals surface area contributed by atoms with Crippen molar-refractivity contribution in [2.45, 2.75) is 12.5 Å². The summed E-state index contributed by atoms with van der Waals surface area (Å²) < 4.78 is 2.78. The summed E-state index contributed by atoms with van der Waals surface area (Å²) in [5.41, 5.74) is 6.73. The SMILES string of the molecule is NC1CCN(c2nc3ccc(Br)cn3n2)C1. The summed E-state index contributed by atoms with van der Waals surface area (Å²) in [6.45, 7) is 1.79. The number of fused-ring (bicyclic) bond motifs is 1. The molecule has 0 spiro atoms. The summed E-state index contributed by atoms with van der Waals surface area (Å²) in [5, 5.41) is 4.44. The third-order valence-electron chi connectivity index (χ3n) is 2.79. The third-order valence-corrected chi connectivity index (χ3v) is 3.26. The Morgan fingerprint density at radius 2 is 2.31 bits per heavy atom. The predicted octanol–water partition coefficient (Wildman–Crippen LogP) is 1.03. The van der Waals surface area contributed by atoms with Crippen molar-refractivity contribution in [2.75, 3.05) is 18.0 Å². The maximum Gasteiger partial charge on any atom is 0.245 e. The van der Waals surface area contributed by atoms with Crippen molar-refractivity contribution in [1.29, 1.82) is 0 Å². The summed E-state index contributed by atoms with van der Waals surface area (Å²) in [4.78, 5) is 6.60. The van der Waals surface area contributed by atoms with Crippen molar-refractivity contribution in [2.24, 2.45) is 5.73 Å². The van der Waals surface area contributed by atoms with Gasteiger partial charge in [0.2, 0.25) is 5.95 Å². The fourth-order valence-corrected chi connectivity index (χ4v) is 2.28. The highest BCUT2D eigenvalue weighted by Gasteiger charge is 2.22. The van der Waals surface area contributed by atoms with Crippen LogP contribution in [0.1, 0.15) is 6.42 Å². The van der Waals surface area contributed by atoms with Crippen LogP contribution in [0.5, 0.6) is 0 Å². The number of aromatic nitrogens is 3. The highest BCUT2D eigenvalue weighted by Crippen LogP contribution is 2.18. The van der Waals surface area contributed by atoms with Crippen LogP contribution < -0.4 is 10.6 Å². The highest BCUT2D eigenvalue weighted by atomic mass is 79.9. The van der Waals surface area contributed by atoms with E-state index in [0.29, 0.717) is 0 Å².